The largest absolute Gasteiger partial charge is 0.356 e. The zero-order chi connectivity index (χ0) is 21.1. The first kappa shape index (κ1) is 23.5. The third kappa shape index (κ3) is 8.62. The molecule has 0 aliphatic heterocycles. The summed E-state index contributed by atoms with van der Waals surface area (Å²) in [4.78, 5) is 23.4. The molecule has 0 saturated heterocycles. The molecule has 1 N–H and O–H groups in total. The first-order valence-electron chi connectivity index (χ1n) is 10.3. The van der Waals surface area contributed by atoms with Gasteiger partial charge in [-0.15, -0.1) is 0 Å². The molecule has 0 saturated carbocycles. The summed E-state index contributed by atoms with van der Waals surface area (Å²) in [5.74, 6) is 1.09. The fourth-order valence-corrected chi connectivity index (χ4v) is 3.93. The molecule has 0 fully saturated rings. The van der Waals surface area contributed by atoms with Gasteiger partial charge in [0.05, 0.1) is 5.75 Å². The van der Waals surface area contributed by atoms with Crippen molar-refractivity contribution in [3.8, 4) is 0 Å². The Balaban J connectivity index is 1.85. The lowest BCUT2D eigenvalue weighted by Gasteiger charge is -2.22. The second-order valence-electron chi connectivity index (χ2n) is 7.10. The molecule has 2 rings (SSSR count). The van der Waals surface area contributed by atoms with E-state index in [0.717, 1.165) is 44.6 Å². The standard InChI is InChI=1S/C22H31ClN4OS/c1-4-13-27(14-5-2)20-15-19(23)25-22(26-20)29-16-21(28)24-17(3)11-12-18-9-7-6-8-10-18/h6-10,15,17H,4-5,11-14,16H2,1-3H3,(H,24,28). The average Bonchev–Trinajstić information content (AvgIpc) is 2.71. The van der Waals surface area contributed by atoms with Gasteiger partial charge in [-0.3, -0.25) is 4.79 Å². The zero-order valence-corrected chi connectivity index (χ0v) is 19.1. The van der Waals surface area contributed by atoms with Crippen molar-refractivity contribution in [3.63, 3.8) is 0 Å². The summed E-state index contributed by atoms with van der Waals surface area (Å²) in [7, 11) is 0. The van der Waals surface area contributed by atoms with Gasteiger partial charge in [-0.1, -0.05) is 67.5 Å². The topological polar surface area (TPSA) is 58.1 Å². The Hall–Kier alpha value is -1.79. The summed E-state index contributed by atoms with van der Waals surface area (Å²) in [5, 5.41) is 4.00. The van der Waals surface area contributed by atoms with Crippen LogP contribution in [0.1, 0.15) is 45.6 Å². The van der Waals surface area contributed by atoms with Gasteiger partial charge in [0.25, 0.3) is 0 Å². The molecule has 0 bridgehead atoms. The van der Waals surface area contributed by atoms with Gasteiger partial charge < -0.3 is 10.2 Å². The Bertz CT molecular complexity index is 754. The Kier molecular flexibility index (Phi) is 10.3. The van der Waals surface area contributed by atoms with Gasteiger partial charge >= 0.3 is 0 Å². The molecular weight excluding hydrogens is 404 g/mol. The van der Waals surface area contributed by atoms with E-state index < -0.39 is 0 Å². The van der Waals surface area contributed by atoms with Crippen LogP contribution in [-0.4, -0.2) is 40.8 Å². The van der Waals surface area contributed by atoms with Gasteiger partial charge in [0.1, 0.15) is 11.0 Å². The van der Waals surface area contributed by atoms with E-state index in [0.29, 0.717) is 10.3 Å². The minimum atomic E-state index is -0.0142. The number of nitrogens with one attached hydrogen (secondary N) is 1. The Morgan fingerprint density at radius 3 is 2.52 bits per heavy atom. The van der Waals surface area contributed by atoms with Crippen molar-refractivity contribution in [2.45, 2.75) is 57.7 Å². The van der Waals surface area contributed by atoms with E-state index in [1.165, 1.54) is 17.3 Å². The number of anilines is 1. The van der Waals surface area contributed by atoms with Crippen LogP contribution in [-0.2, 0) is 11.2 Å². The third-order valence-electron chi connectivity index (χ3n) is 4.42. The van der Waals surface area contributed by atoms with Gasteiger partial charge in [0.2, 0.25) is 5.91 Å². The minimum absolute atomic E-state index is 0.0142. The molecule has 1 unspecified atom stereocenters. The number of aromatic nitrogens is 2. The van der Waals surface area contributed by atoms with Crippen LogP contribution in [0.2, 0.25) is 5.15 Å². The molecule has 1 aromatic carbocycles. The number of thioether (sulfide) groups is 1. The van der Waals surface area contributed by atoms with E-state index in [4.69, 9.17) is 11.6 Å². The first-order chi connectivity index (χ1) is 14.0. The molecule has 1 atom stereocenters. The van der Waals surface area contributed by atoms with Gasteiger partial charge in [-0.2, -0.15) is 0 Å². The number of aryl methyl sites for hydroxylation is 1. The molecule has 158 valence electrons. The molecule has 0 spiro atoms. The number of amides is 1. The molecule has 7 heteroatoms. The molecule has 1 aromatic heterocycles. The fraction of sp³-hybridized carbons (Fsp3) is 0.500. The lowest BCUT2D eigenvalue weighted by molar-refractivity contribution is -0.119. The predicted molar refractivity (Wildman–Crippen MR) is 123 cm³/mol. The minimum Gasteiger partial charge on any atom is -0.356 e. The highest BCUT2D eigenvalue weighted by Gasteiger charge is 2.13. The summed E-state index contributed by atoms with van der Waals surface area (Å²) < 4.78 is 0. The summed E-state index contributed by atoms with van der Waals surface area (Å²) in [6.07, 6.45) is 3.92. The van der Waals surface area contributed by atoms with Crippen molar-refractivity contribution in [1.29, 1.82) is 0 Å². The molecule has 2 aromatic rings. The SMILES string of the molecule is CCCN(CCC)c1cc(Cl)nc(SCC(=O)NC(C)CCc2ccccc2)n1. The molecule has 0 radical (unpaired) electrons. The lowest BCUT2D eigenvalue weighted by Crippen LogP contribution is -2.34. The van der Waals surface area contributed by atoms with Gasteiger partial charge in [0, 0.05) is 25.2 Å². The maximum absolute atomic E-state index is 12.3. The lowest BCUT2D eigenvalue weighted by atomic mass is 10.1. The summed E-state index contributed by atoms with van der Waals surface area (Å²) in [6, 6.07) is 12.2. The fourth-order valence-electron chi connectivity index (χ4n) is 3.04. The van der Waals surface area contributed by atoms with Crippen LogP contribution in [0, 0.1) is 0 Å². The third-order valence-corrected chi connectivity index (χ3v) is 5.46. The second kappa shape index (κ2) is 12.7. The van der Waals surface area contributed by atoms with Crippen LogP contribution in [0.5, 0.6) is 0 Å². The first-order valence-corrected chi connectivity index (χ1v) is 11.6. The highest BCUT2D eigenvalue weighted by atomic mass is 35.5. The average molecular weight is 435 g/mol. The highest BCUT2D eigenvalue weighted by Crippen LogP contribution is 2.22. The van der Waals surface area contributed by atoms with Gasteiger partial charge in [-0.25, -0.2) is 9.97 Å². The number of hydrogen-bond donors (Lipinski definition) is 1. The molecule has 0 aliphatic carbocycles. The van der Waals surface area contributed by atoms with Crippen molar-refractivity contribution in [2.24, 2.45) is 0 Å². The van der Waals surface area contributed by atoms with Gasteiger partial charge in [0.15, 0.2) is 5.16 Å². The molecular formula is C22H31ClN4OS. The monoisotopic (exact) mass is 434 g/mol. The van der Waals surface area contributed by atoms with Crippen molar-refractivity contribution in [2.75, 3.05) is 23.7 Å². The number of nitrogens with zero attached hydrogens (tertiary/aromatic N) is 3. The number of hydrogen-bond acceptors (Lipinski definition) is 5. The zero-order valence-electron chi connectivity index (χ0n) is 17.5. The number of benzene rings is 1. The maximum atomic E-state index is 12.3. The maximum Gasteiger partial charge on any atom is 0.230 e. The van der Waals surface area contributed by atoms with E-state index >= 15 is 0 Å². The highest BCUT2D eigenvalue weighted by molar-refractivity contribution is 7.99. The van der Waals surface area contributed by atoms with Crippen LogP contribution < -0.4 is 10.2 Å². The molecule has 1 heterocycles. The number of halogens is 1. The van der Waals surface area contributed by atoms with E-state index in [1.54, 1.807) is 6.07 Å². The predicted octanol–water partition coefficient (Wildman–Crippen LogP) is 4.99. The summed E-state index contributed by atoms with van der Waals surface area (Å²) in [6.45, 7) is 8.16. The Morgan fingerprint density at radius 2 is 1.86 bits per heavy atom. The Labute approximate surface area is 183 Å². The van der Waals surface area contributed by atoms with Crippen LogP contribution >= 0.6 is 23.4 Å². The number of carbonyl (C=O) groups is 1. The smallest absolute Gasteiger partial charge is 0.230 e. The molecule has 1 amide bonds. The molecule has 5 nitrogen and oxygen atoms in total. The Morgan fingerprint density at radius 1 is 1.17 bits per heavy atom. The summed E-state index contributed by atoms with van der Waals surface area (Å²) in [5.41, 5.74) is 1.28. The van der Waals surface area contributed by atoms with E-state index in [1.807, 2.05) is 25.1 Å². The normalized spacial score (nSPS) is 11.9. The van der Waals surface area contributed by atoms with Crippen LogP contribution in [0.4, 0.5) is 5.82 Å². The van der Waals surface area contributed by atoms with Crippen molar-refractivity contribution in [1.82, 2.24) is 15.3 Å². The van der Waals surface area contributed by atoms with Gasteiger partial charge in [-0.05, 0) is 38.2 Å². The van der Waals surface area contributed by atoms with Crippen LogP contribution in [0.25, 0.3) is 0 Å². The van der Waals surface area contributed by atoms with Crippen molar-refractivity contribution >= 4 is 35.1 Å². The van der Waals surface area contributed by atoms with Crippen LogP contribution in [0.15, 0.2) is 41.6 Å². The second-order valence-corrected chi connectivity index (χ2v) is 8.43. The molecule has 0 aliphatic rings. The van der Waals surface area contributed by atoms with E-state index in [9.17, 15) is 4.79 Å². The van der Waals surface area contributed by atoms with Crippen LogP contribution in [0.3, 0.4) is 0 Å². The van der Waals surface area contributed by atoms with E-state index in [2.05, 4.69) is 46.2 Å². The van der Waals surface area contributed by atoms with E-state index in [-0.39, 0.29) is 17.7 Å². The quantitative estimate of drug-likeness (QED) is 0.290. The van der Waals surface area contributed by atoms with Crippen molar-refractivity contribution < 1.29 is 4.79 Å². The number of carbonyl (C=O) groups excluding carboxylic acids is 1. The molecule has 29 heavy (non-hydrogen) atoms. The summed E-state index contributed by atoms with van der Waals surface area (Å²) >= 11 is 7.52. The van der Waals surface area contributed by atoms with Crippen molar-refractivity contribution in [3.05, 3.63) is 47.1 Å². The number of rotatable bonds is 12.